The van der Waals surface area contributed by atoms with E-state index in [0.717, 1.165) is 29.7 Å². The van der Waals surface area contributed by atoms with E-state index in [1.54, 1.807) is 18.2 Å². The molecule has 6 heteroatoms. The number of hydrazine groups is 1. The number of fused-ring (bicyclic) bond motifs is 1. The summed E-state index contributed by atoms with van der Waals surface area (Å²) < 4.78 is 0. The third-order valence-electron chi connectivity index (χ3n) is 3.90. The summed E-state index contributed by atoms with van der Waals surface area (Å²) in [6.45, 7) is 1.12. The van der Waals surface area contributed by atoms with Crippen LogP contribution in [0, 0.1) is 0 Å². The molecule has 0 saturated heterocycles. The molecule has 120 valence electrons. The van der Waals surface area contributed by atoms with E-state index in [9.17, 15) is 4.79 Å². The lowest BCUT2D eigenvalue weighted by Crippen LogP contribution is -2.45. The van der Waals surface area contributed by atoms with Crippen molar-refractivity contribution in [3.63, 3.8) is 0 Å². The lowest BCUT2D eigenvalue weighted by Gasteiger charge is -2.32. The minimum Gasteiger partial charge on any atom is -0.326 e. The van der Waals surface area contributed by atoms with Gasteiger partial charge in [-0.15, -0.1) is 0 Å². The molecular formula is C17H17Cl2N3O. The number of hydrogen-bond donors (Lipinski definition) is 2. The molecule has 0 aliphatic carbocycles. The summed E-state index contributed by atoms with van der Waals surface area (Å²) >= 11 is 12.4. The number of hydrogen-bond acceptors (Lipinski definition) is 3. The number of benzene rings is 2. The Bertz CT molecular complexity index is 749. The Kier molecular flexibility index (Phi) is 4.76. The first-order valence-corrected chi connectivity index (χ1v) is 8.19. The second-order valence-corrected chi connectivity index (χ2v) is 6.33. The van der Waals surface area contributed by atoms with Gasteiger partial charge < -0.3 is 5.73 Å². The van der Waals surface area contributed by atoms with Crippen molar-refractivity contribution in [2.24, 2.45) is 5.73 Å². The Labute approximate surface area is 145 Å². The smallest absolute Gasteiger partial charge is 0.269 e. The Morgan fingerprint density at radius 1 is 1.26 bits per heavy atom. The van der Waals surface area contributed by atoms with Crippen molar-refractivity contribution >= 4 is 34.8 Å². The van der Waals surface area contributed by atoms with Crippen LogP contribution in [0.2, 0.25) is 10.0 Å². The first-order chi connectivity index (χ1) is 11.1. The van der Waals surface area contributed by atoms with Crippen molar-refractivity contribution in [3.8, 4) is 0 Å². The van der Waals surface area contributed by atoms with Crippen LogP contribution in [-0.4, -0.2) is 12.5 Å². The minimum atomic E-state index is -0.177. The van der Waals surface area contributed by atoms with Gasteiger partial charge in [0.1, 0.15) is 0 Å². The first kappa shape index (κ1) is 16.1. The van der Waals surface area contributed by atoms with Crippen molar-refractivity contribution in [1.82, 2.24) is 5.43 Å². The van der Waals surface area contributed by atoms with Crippen LogP contribution in [-0.2, 0) is 13.0 Å². The monoisotopic (exact) mass is 349 g/mol. The Balaban J connectivity index is 1.85. The third kappa shape index (κ3) is 3.44. The van der Waals surface area contributed by atoms with E-state index in [0.29, 0.717) is 28.7 Å². The van der Waals surface area contributed by atoms with Crippen molar-refractivity contribution in [3.05, 3.63) is 63.1 Å². The third-order valence-corrected chi connectivity index (χ3v) is 4.45. The Morgan fingerprint density at radius 2 is 2.09 bits per heavy atom. The maximum absolute atomic E-state index is 12.5. The van der Waals surface area contributed by atoms with Crippen LogP contribution < -0.4 is 16.2 Å². The highest BCUT2D eigenvalue weighted by molar-refractivity contribution is 6.35. The molecule has 1 amide bonds. The van der Waals surface area contributed by atoms with Crippen LogP contribution in [0.4, 0.5) is 5.69 Å². The molecule has 0 aromatic heterocycles. The Hall–Kier alpha value is -1.75. The molecule has 3 N–H and O–H groups in total. The molecule has 1 aliphatic heterocycles. The second kappa shape index (κ2) is 6.79. The van der Waals surface area contributed by atoms with Crippen LogP contribution in [0.3, 0.4) is 0 Å². The molecule has 1 heterocycles. The number of anilines is 1. The molecule has 4 nitrogen and oxygen atoms in total. The molecule has 0 fully saturated rings. The second-order valence-electron chi connectivity index (χ2n) is 5.49. The van der Waals surface area contributed by atoms with Crippen molar-refractivity contribution in [2.45, 2.75) is 19.4 Å². The maximum Gasteiger partial charge on any atom is 0.269 e. The van der Waals surface area contributed by atoms with Gasteiger partial charge in [0.15, 0.2) is 0 Å². The van der Waals surface area contributed by atoms with Crippen LogP contribution >= 0.6 is 23.2 Å². The number of amides is 1. The fourth-order valence-corrected chi connectivity index (χ4v) is 3.33. The summed E-state index contributed by atoms with van der Waals surface area (Å²) in [5.41, 5.74) is 11.9. The van der Waals surface area contributed by atoms with E-state index in [-0.39, 0.29) is 5.91 Å². The number of nitrogens with zero attached hydrogens (tertiary/aromatic N) is 1. The number of nitrogens with one attached hydrogen (secondary N) is 1. The standard InChI is InChI=1S/C17H17Cl2N3O/c18-13-8-15(19)14-5-2-6-22(16(14)9-13)21-17(23)12-4-1-3-11(7-12)10-20/h1,3-4,7-9H,2,5-6,10,20H2,(H,21,23). The average molecular weight is 350 g/mol. The highest BCUT2D eigenvalue weighted by atomic mass is 35.5. The van der Waals surface area contributed by atoms with Crippen LogP contribution in [0.5, 0.6) is 0 Å². The fourth-order valence-electron chi connectivity index (χ4n) is 2.76. The van der Waals surface area contributed by atoms with Gasteiger partial charge in [0.2, 0.25) is 0 Å². The first-order valence-electron chi connectivity index (χ1n) is 7.44. The zero-order chi connectivity index (χ0) is 16.4. The predicted molar refractivity (Wildman–Crippen MR) is 93.9 cm³/mol. The summed E-state index contributed by atoms with van der Waals surface area (Å²) in [6.07, 6.45) is 1.79. The summed E-state index contributed by atoms with van der Waals surface area (Å²) in [5.74, 6) is -0.177. The molecule has 0 spiro atoms. The number of carbonyl (C=O) groups excluding carboxylic acids is 1. The normalized spacial score (nSPS) is 13.6. The number of nitrogens with two attached hydrogens (primary N) is 1. The van der Waals surface area contributed by atoms with Gasteiger partial charge in [-0.05, 0) is 48.2 Å². The van der Waals surface area contributed by atoms with Crippen molar-refractivity contribution < 1.29 is 4.79 Å². The number of rotatable bonds is 3. The van der Waals surface area contributed by atoms with E-state index >= 15 is 0 Å². The summed E-state index contributed by atoms with van der Waals surface area (Å²) in [5, 5.41) is 3.00. The van der Waals surface area contributed by atoms with Gasteiger partial charge in [-0.25, -0.2) is 0 Å². The molecule has 0 radical (unpaired) electrons. The SMILES string of the molecule is NCc1cccc(C(=O)NN2CCCc3c(Cl)cc(Cl)cc32)c1. The van der Waals surface area contributed by atoms with Crippen LogP contribution in [0.15, 0.2) is 36.4 Å². The van der Waals surface area contributed by atoms with Gasteiger partial charge in [-0.1, -0.05) is 35.3 Å². The quantitative estimate of drug-likeness (QED) is 0.890. The minimum absolute atomic E-state index is 0.177. The molecule has 2 aromatic rings. The molecule has 0 saturated carbocycles. The van der Waals surface area contributed by atoms with E-state index in [1.165, 1.54) is 0 Å². The molecule has 1 aliphatic rings. The molecule has 0 unspecified atom stereocenters. The molecule has 23 heavy (non-hydrogen) atoms. The van der Waals surface area contributed by atoms with E-state index in [4.69, 9.17) is 28.9 Å². The zero-order valence-corrected chi connectivity index (χ0v) is 14.0. The van der Waals surface area contributed by atoms with Gasteiger partial charge in [0.05, 0.1) is 5.69 Å². The van der Waals surface area contributed by atoms with Crippen LogP contribution in [0.25, 0.3) is 0 Å². The van der Waals surface area contributed by atoms with Crippen molar-refractivity contribution in [1.29, 1.82) is 0 Å². The van der Waals surface area contributed by atoms with Gasteiger partial charge >= 0.3 is 0 Å². The Morgan fingerprint density at radius 3 is 2.87 bits per heavy atom. The van der Waals surface area contributed by atoms with Crippen molar-refractivity contribution in [2.75, 3.05) is 11.6 Å². The summed E-state index contributed by atoms with van der Waals surface area (Å²) in [6, 6.07) is 10.9. The molecule has 0 atom stereocenters. The maximum atomic E-state index is 12.5. The molecular weight excluding hydrogens is 333 g/mol. The zero-order valence-electron chi connectivity index (χ0n) is 12.5. The molecule has 0 bridgehead atoms. The highest BCUT2D eigenvalue weighted by Crippen LogP contribution is 2.34. The molecule has 3 rings (SSSR count). The summed E-state index contributed by atoms with van der Waals surface area (Å²) in [4.78, 5) is 12.5. The predicted octanol–water partition coefficient (Wildman–Crippen LogP) is 3.55. The summed E-state index contributed by atoms with van der Waals surface area (Å²) in [7, 11) is 0. The largest absolute Gasteiger partial charge is 0.326 e. The van der Waals surface area contributed by atoms with E-state index in [1.807, 2.05) is 23.2 Å². The van der Waals surface area contributed by atoms with Gasteiger partial charge in [0, 0.05) is 28.7 Å². The fraction of sp³-hybridized carbons (Fsp3) is 0.235. The topological polar surface area (TPSA) is 58.4 Å². The van der Waals surface area contributed by atoms with Gasteiger partial charge in [-0.2, -0.15) is 0 Å². The van der Waals surface area contributed by atoms with Gasteiger partial charge in [0.25, 0.3) is 5.91 Å². The lowest BCUT2D eigenvalue weighted by molar-refractivity contribution is 0.0948. The van der Waals surface area contributed by atoms with Gasteiger partial charge in [-0.3, -0.25) is 15.2 Å². The molecule has 2 aromatic carbocycles. The average Bonchev–Trinajstić information content (AvgIpc) is 2.55. The van der Waals surface area contributed by atoms with E-state index in [2.05, 4.69) is 5.43 Å². The van der Waals surface area contributed by atoms with Crippen LogP contribution in [0.1, 0.15) is 27.9 Å². The number of halogens is 2. The lowest BCUT2D eigenvalue weighted by atomic mass is 10.0. The van der Waals surface area contributed by atoms with E-state index < -0.39 is 0 Å². The number of carbonyl (C=O) groups is 1. The highest BCUT2D eigenvalue weighted by Gasteiger charge is 2.22.